The summed E-state index contributed by atoms with van der Waals surface area (Å²) in [6.07, 6.45) is 2.20. The van der Waals surface area contributed by atoms with Gasteiger partial charge in [-0.1, -0.05) is 18.2 Å². The number of para-hydroxylation sites is 1. The fourth-order valence-electron chi connectivity index (χ4n) is 1.76. The molecule has 0 radical (unpaired) electrons. The highest BCUT2D eigenvalue weighted by molar-refractivity contribution is 6.07. The molecule has 3 nitrogen and oxygen atoms in total. The van der Waals surface area contributed by atoms with Gasteiger partial charge in [0.15, 0.2) is 5.78 Å². The molecule has 1 heterocycles. The fourth-order valence-corrected chi connectivity index (χ4v) is 1.76. The molecule has 0 saturated heterocycles. The van der Waals surface area contributed by atoms with Crippen molar-refractivity contribution >= 4 is 22.5 Å². The van der Waals surface area contributed by atoms with Crippen LogP contribution in [-0.4, -0.2) is 16.6 Å². The summed E-state index contributed by atoms with van der Waals surface area (Å²) in [4.78, 5) is 27.1. The molecule has 0 spiro atoms. The monoisotopic (exact) mass is 227 g/mol. The first kappa shape index (κ1) is 11.5. The second-order valence-corrected chi connectivity index (χ2v) is 4.00. The number of carbonyl (C=O) groups is 2. The lowest BCUT2D eigenvalue weighted by molar-refractivity contribution is -0.116. The smallest absolute Gasteiger partial charge is 0.164 e. The van der Waals surface area contributed by atoms with E-state index in [0.29, 0.717) is 12.0 Å². The Morgan fingerprint density at radius 2 is 1.88 bits per heavy atom. The molecule has 1 aromatic heterocycles. The average Bonchev–Trinajstić information content (AvgIpc) is 2.35. The van der Waals surface area contributed by atoms with Crippen LogP contribution in [0.1, 0.15) is 30.1 Å². The summed E-state index contributed by atoms with van der Waals surface area (Å²) in [5, 5.41) is 0.851. The van der Waals surface area contributed by atoms with Crippen molar-refractivity contribution in [3.8, 4) is 0 Å². The molecular weight excluding hydrogens is 214 g/mol. The summed E-state index contributed by atoms with van der Waals surface area (Å²) in [5.74, 6) is 0.0375. The van der Waals surface area contributed by atoms with Gasteiger partial charge in [-0.25, -0.2) is 0 Å². The molecule has 0 fully saturated rings. The number of hydrogen-bond acceptors (Lipinski definition) is 3. The Kier molecular flexibility index (Phi) is 3.28. The largest absolute Gasteiger partial charge is 0.300 e. The summed E-state index contributed by atoms with van der Waals surface area (Å²) in [6, 6.07) is 9.23. The third kappa shape index (κ3) is 2.56. The van der Waals surface area contributed by atoms with E-state index < -0.39 is 0 Å². The molecule has 0 saturated carbocycles. The topological polar surface area (TPSA) is 47.0 Å². The second-order valence-electron chi connectivity index (χ2n) is 4.00. The van der Waals surface area contributed by atoms with Crippen LogP contribution in [0.3, 0.4) is 0 Å². The lowest BCUT2D eigenvalue weighted by Gasteiger charge is -2.04. The first-order valence-electron chi connectivity index (χ1n) is 5.55. The summed E-state index contributed by atoms with van der Waals surface area (Å²) in [6.45, 7) is 1.50. The highest BCUT2D eigenvalue weighted by Crippen LogP contribution is 2.18. The minimum absolute atomic E-state index is 0.00111. The van der Waals surface area contributed by atoms with Gasteiger partial charge in [-0.3, -0.25) is 9.78 Å². The Balaban J connectivity index is 2.35. The van der Waals surface area contributed by atoms with Gasteiger partial charge in [0, 0.05) is 30.0 Å². The third-order valence-corrected chi connectivity index (χ3v) is 2.65. The summed E-state index contributed by atoms with van der Waals surface area (Å²) in [7, 11) is 0. The van der Waals surface area contributed by atoms with Crippen LogP contribution in [0, 0.1) is 0 Å². The standard InChI is InChI=1S/C14H13NO2/c1-10(16)6-7-14(17)12-8-9-15-13-5-3-2-4-11(12)13/h2-5,8-9H,6-7H2,1H3. The number of aromatic nitrogens is 1. The Labute approximate surface area is 99.5 Å². The predicted molar refractivity (Wildman–Crippen MR) is 66.0 cm³/mol. The molecule has 86 valence electrons. The Morgan fingerprint density at radius 3 is 2.65 bits per heavy atom. The van der Waals surface area contributed by atoms with Gasteiger partial charge in [0.2, 0.25) is 0 Å². The van der Waals surface area contributed by atoms with Crippen LogP contribution in [0.5, 0.6) is 0 Å². The van der Waals surface area contributed by atoms with Crippen LogP contribution < -0.4 is 0 Å². The van der Waals surface area contributed by atoms with Crippen LogP contribution in [0.2, 0.25) is 0 Å². The van der Waals surface area contributed by atoms with E-state index >= 15 is 0 Å². The first-order chi connectivity index (χ1) is 8.18. The van der Waals surface area contributed by atoms with E-state index in [4.69, 9.17) is 0 Å². The number of Topliss-reactive ketones (excluding diaryl/α,β-unsaturated/α-hetero) is 2. The molecule has 1 aromatic carbocycles. The molecule has 0 N–H and O–H groups in total. The molecule has 0 aliphatic heterocycles. The van der Waals surface area contributed by atoms with E-state index in [9.17, 15) is 9.59 Å². The molecule has 2 aromatic rings. The minimum Gasteiger partial charge on any atom is -0.300 e. The minimum atomic E-state index is -0.00111. The second kappa shape index (κ2) is 4.87. The molecule has 0 atom stereocenters. The van der Waals surface area contributed by atoms with E-state index in [2.05, 4.69) is 4.98 Å². The van der Waals surface area contributed by atoms with Crippen molar-refractivity contribution in [2.45, 2.75) is 19.8 Å². The zero-order chi connectivity index (χ0) is 12.3. The van der Waals surface area contributed by atoms with Gasteiger partial charge in [-0.05, 0) is 19.1 Å². The first-order valence-corrected chi connectivity index (χ1v) is 5.55. The molecular formula is C14H13NO2. The van der Waals surface area contributed by atoms with Gasteiger partial charge in [0.25, 0.3) is 0 Å². The normalized spacial score (nSPS) is 10.4. The SMILES string of the molecule is CC(=O)CCC(=O)c1ccnc2ccccc12. The van der Waals surface area contributed by atoms with Crippen LogP contribution in [0.15, 0.2) is 36.5 Å². The van der Waals surface area contributed by atoms with Crippen molar-refractivity contribution in [2.24, 2.45) is 0 Å². The molecule has 0 bridgehead atoms. The molecule has 0 unspecified atom stereocenters. The van der Waals surface area contributed by atoms with E-state index in [-0.39, 0.29) is 18.0 Å². The number of fused-ring (bicyclic) bond motifs is 1. The van der Waals surface area contributed by atoms with E-state index in [1.54, 1.807) is 12.3 Å². The van der Waals surface area contributed by atoms with Gasteiger partial charge >= 0.3 is 0 Å². The van der Waals surface area contributed by atoms with Gasteiger partial charge in [0.05, 0.1) is 5.52 Å². The molecule has 2 rings (SSSR count). The lowest BCUT2D eigenvalue weighted by Crippen LogP contribution is -2.03. The van der Waals surface area contributed by atoms with Crippen molar-refractivity contribution in [1.29, 1.82) is 0 Å². The van der Waals surface area contributed by atoms with Crippen molar-refractivity contribution in [3.63, 3.8) is 0 Å². The Bertz CT molecular complexity index is 570. The van der Waals surface area contributed by atoms with Crippen molar-refractivity contribution in [1.82, 2.24) is 4.98 Å². The molecule has 3 heteroatoms. The third-order valence-electron chi connectivity index (χ3n) is 2.65. The van der Waals surface area contributed by atoms with Crippen molar-refractivity contribution in [3.05, 3.63) is 42.1 Å². The van der Waals surface area contributed by atoms with Gasteiger partial charge in [-0.2, -0.15) is 0 Å². The average molecular weight is 227 g/mol. The van der Waals surface area contributed by atoms with Crippen molar-refractivity contribution < 1.29 is 9.59 Å². The number of nitrogens with zero attached hydrogens (tertiary/aromatic N) is 1. The summed E-state index contributed by atoms with van der Waals surface area (Å²) >= 11 is 0. The fraction of sp³-hybridized carbons (Fsp3) is 0.214. The number of carbonyl (C=O) groups excluding carboxylic acids is 2. The van der Waals surface area contributed by atoms with Gasteiger partial charge in [-0.15, -0.1) is 0 Å². The zero-order valence-corrected chi connectivity index (χ0v) is 9.64. The van der Waals surface area contributed by atoms with E-state index in [1.165, 1.54) is 6.92 Å². The van der Waals surface area contributed by atoms with Crippen LogP contribution in [0.4, 0.5) is 0 Å². The number of benzene rings is 1. The zero-order valence-electron chi connectivity index (χ0n) is 9.64. The molecule has 17 heavy (non-hydrogen) atoms. The van der Waals surface area contributed by atoms with Crippen molar-refractivity contribution in [2.75, 3.05) is 0 Å². The van der Waals surface area contributed by atoms with Gasteiger partial charge in [0.1, 0.15) is 5.78 Å². The molecule has 0 aliphatic carbocycles. The molecule has 0 amide bonds. The maximum absolute atomic E-state index is 12.0. The summed E-state index contributed by atoms with van der Waals surface area (Å²) < 4.78 is 0. The Hall–Kier alpha value is -2.03. The summed E-state index contributed by atoms with van der Waals surface area (Å²) in [5.41, 5.74) is 1.46. The maximum atomic E-state index is 12.0. The number of rotatable bonds is 4. The number of pyridine rings is 1. The Morgan fingerprint density at radius 1 is 1.12 bits per heavy atom. The quantitative estimate of drug-likeness (QED) is 0.754. The van der Waals surface area contributed by atoms with Gasteiger partial charge < -0.3 is 4.79 Å². The van der Waals surface area contributed by atoms with E-state index in [0.717, 1.165) is 10.9 Å². The lowest BCUT2D eigenvalue weighted by atomic mass is 10.0. The molecule has 0 aliphatic rings. The highest BCUT2D eigenvalue weighted by Gasteiger charge is 2.10. The number of ketones is 2. The van der Waals surface area contributed by atoms with Crippen LogP contribution in [0.25, 0.3) is 10.9 Å². The van der Waals surface area contributed by atoms with Crippen LogP contribution >= 0.6 is 0 Å². The number of hydrogen-bond donors (Lipinski definition) is 0. The van der Waals surface area contributed by atoms with E-state index in [1.807, 2.05) is 24.3 Å². The van der Waals surface area contributed by atoms with Crippen LogP contribution in [-0.2, 0) is 4.79 Å². The maximum Gasteiger partial charge on any atom is 0.164 e. The predicted octanol–water partition coefficient (Wildman–Crippen LogP) is 2.79. The highest BCUT2D eigenvalue weighted by atomic mass is 16.1.